The summed E-state index contributed by atoms with van der Waals surface area (Å²) >= 11 is 0. The van der Waals surface area contributed by atoms with Crippen LogP contribution in [0.25, 0.3) is 0 Å². The molecule has 0 amide bonds. The first-order valence-corrected chi connectivity index (χ1v) is 4.93. The van der Waals surface area contributed by atoms with Crippen molar-refractivity contribution in [2.75, 3.05) is 25.6 Å². The van der Waals surface area contributed by atoms with E-state index in [4.69, 9.17) is 0 Å². The Morgan fingerprint density at radius 3 is 2.94 bits per heavy atom. The number of hydrogen-bond donors (Lipinski definition) is 0. The van der Waals surface area contributed by atoms with Crippen molar-refractivity contribution in [3.63, 3.8) is 0 Å². The van der Waals surface area contributed by atoms with Crippen molar-refractivity contribution in [2.24, 2.45) is 0 Å². The first-order chi connectivity index (χ1) is 8.06. The van der Waals surface area contributed by atoms with Gasteiger partial charge < -0.3 is 9.64 Å². The average Bonchev–Trinajstić information content (AvgIpc) is 2.35. The number of ether oxygens (including phenoxy) is 1. The summed E-state index contributed by atoms with van der Waals surface area (Å²) < 4.78 is 4.49. The van der Waals surface area contributed by atoms with Crippen molar-refractivity contribution in [1.29, 1.82) is 0 Å². The van der Waals surface area contributed by atoms with E-state index in [0.29, 0.717) is 6.54 Å². The lowest BCUT2D eigenvalue weighted by Gasteiger charge is -2.16. The van der Waals surface area contributed by atoms with E-state index in [0.717, 1.165) is 0 Å². The Balaban J connectivity index is 2.78. The number of pyridine rings is 1. The minimum absolute atomic E-state index is 0.0835. The van der Waals surface area contributed by atoms with Gasteiger partial charge in [-0.05, 0) is 6.07 Å². The van der Waals surface area contributed by atoms with Crippen LogP contribution in [0, 0.1) is 10.1 Å². The quantitative estimate of drug-likeness (QED) is 0.432. The Labute approximate surface area is 98.2 Å². The molecule has 7 nitrogen and oxygen atoms in total. The number of carbonyl (C=O) groups is 1. The van der Waals surface area contributed by atoms with E-state index in [9.17, 15) is 14.9 Å². The van der Waals surface area contributed by atoms with Gasteiger partial charge in [-0.15, -0.1) is 0 Å². The molecule has 1 aromatic rings. The van der Waals surface area contributed by atoms with E-state index in [2.05, 4.69) is 9.72 Å². The third-order valence-electron chi connectivity index (χ3n) is 2.20. The maximum atomic E-state index is 11.0. The summed E-state index contributed by atoms with van der Waals surface area (Å²) in [7, 11) is 2.93. The summed E-state index contributed by atoms with van der Waals surface area (Å²) in [5, 5.41) is 10.8. The lowest BCUT2D eigenvalue weighted by molar-refractivity contribution is -0.384. The van der Waals surface area contributed by atoms with Crippen LogP contribution in [-0.2, 0) is 9.53 Å². The van der Waals surface area contributed by atoms with Crippen LogP contribution in [0.5, 0.6) is 0 Å². The van der Waals surface area contributed by atoms with Crippen LogP contribution in [0.3, 0.4) is 0 Å². The maximum Gasteiger partial charge on any atom is 0.311 e. The molecule has 0 spiro atoms. The number of anilines is 1. The molecule has 0 aliphatic carbocycles. The zero-order valence-electron chi connectivity index (χ0n) is 9.62. The van der Waals surface area contributed by atoms with Crippen molar-refractivity contribution >= 4 is 17.5 Å². The van der Waals surface area contributed by atoms with E-state index in [1.165, 1.54) is 25.4 Å². The summed E-state index contributed by atoms with van der Waals surface area (Å²) in [5.74, 6) is -0.128. The van der Waals surface area contributed by atoms with Crippen molar-refractivity contribution in [2.45, 2.75) is 6.42 Å². The van der Waals surface area contributed by atoms with Gasteiger partial charge in [0.1, 0.15) is 0 Å². The number of esters is 1. The molecule has 17 heavy (non-hydrogen) atoms. The molecule has 0 unspecified atom stereocenters. The van der Waals surface area contributed by atoms with Crippen LogP contribution in [0.1, 0.15) is 6.42 Å². The molecule has 0 N–H and O–H groups in total. The highest BCUT2D eigenvalue weighted by atomic mass is 16.6. The Morgan fingerprint density at radius 2 is 2.35 bits per heavy atom. The zero-order valence-corrected chi connectivity index (χ0v) is 9.62. The summed E-state index contributed by atoms with van der Waals surface area (Å²) in [6, 6.07) is 2.87. The molecule has 0 aromatic carbocycles. The van der Waals surface area contributed by atoms with Crippen LogP contribution in [0.4, 0.5) is 11.5 Å². The number of aromatic nitrogens is 1. The van der Waals surface area contributed by atoms with Crippen LogP contribution >= 0.6 is 0 Å². The molecule has 0 bridgehead atoms. The highest BCUT2D eigenvalue weighted by Crippen LogP contribution is 2.23. The summed E-state index contributed by atoms with van der Waals surface area (Å²) in [6.07, 6.45) is 1.62. The van der Waals surface area contributed by atoms with Crippen LogP contribution in [-0.4, -0.2) is 36.6 Å². The normalized spacial score (nSPS) is 9.76. The lowest BCUT2D eigenvalue weighted by atomic mass is 10.3. The topological polar surface area (TPSA) is 85.6 Å². The van der Waals surface area contributed by atoms with E-state index in [1.54, 1.807) is 11.9 Å². The fourth-order valence-electron chi connectivity index (χ4n) is 1.29. The smallest absolute Gasteiger partial charge is 0.311 e. The summed E-state index contributed by atoms with van der Waals surface area (Å²) in [4.78, 5) is 26.7. The summed E-state index contributed by atoms with van der Waals surface area (Å²) in [6.45, 7) is 0.310. The van der Waals surface area contributed by atoms with Crippen LogP contribution in [0.2, 0.25) is 0 Å². The molecule has 0 radical (unpaired) electrons. The fraction of sp³-hybridized carbons (Fsp3) is 0.400. The van der Waals surface area contributed by atoms with E-state index in [-0.39, 0.29) is 23.9 Å². The van der Waals surface area contributed by atoms with Gasteiger partial charge in [-0.1, -0.05) is 0 Å². The molecule has 92 valence electrons. The molecule has 0 saturated carbocycles. The third-order valence-corrected chi connectivity index (χ3v) is 2.20. The molecule has 1 rings (SSSR count). The highest BCUT2D eigenvalue weighted by molar-refractivity contribution is 5.70. The lowest BCUT2D eigenvalue weighted by Crippen LogP contribution is -2.23. The first kappa shape index (κ1) is 12.9. The van der Waals surface area contributed by atoms with Gasteiger partial charge >= 0.3 is 11.7 Å². The Hall–Kier alpha value is -2.18. The Kier molecular flexibility index (Phi) is 4.38. The molecule has 0 aliphatic heterocycles. The fourth-order valence-corrected chi connectivity index (χ4v) is 1.29. The monoisotopic (exact) mass is 239 g/mol. The van der Waals surface area contributed by atoms with Gasteiger partial charge in [-0.3, -0.25) is 14.9 Å². The second kappa shape index (κ2) is 5.78. The third kappa shape index (κ3) is 3.40. The highest BCUT2D eigenvalue weighted by Gasteiger charge is 2.18. The maximum absolute atomic E-state index is 11.0. The van der Waals surface area contributed by atoms with Gasteiger partial charge in [0.15, 0.2) is 0 Å². The molecule has 1 aromatic heterocycles. The van der Waals surface area contributed by atoms with Crippen molar-refractivity contribution < 1.29 is 14.5 Å². The minimum atomic E-state index is -0.503. The Bertz CT molecular complexity index is 422. The number of nitrogens with zero attached hydrogens (tertiary/aromatic N) is 3. The molecule has 7 heteroatoms. The number of nitro groups is 1. The van der Waals surface area contributed by atoms with Crippen molar-refractivity contribution in [1.82, 2.24) is 4.98 Å². The van der Waals surface area contributed by atoms with E-state index < -0.39 is 4.92 Å². The van der Waals surface area contributed by atoms with E-state index >= 15 is 0 Å². The zero-order chi connectivity index (χ0) is 12.8. The minimum Gasteiger partial charge on any atom is -0.469 e. The second-order valence-electron chi connectivity index (χ2n) is 3.35. The number of carbonyl (C=O) groups excluding carboxylic acids is 1. The SMILES string of the molecule is COC(=O)CCN(C)c1ncccc1[N+](=O)[O-]. The molecule has 0 aliphatic rings. The first-order valence-electron chi connectivity index (χ1n) is 4.93. The largest absolute Gasteiger partial charge is 0.469 e. The number of methoxy groups -OCH3 is 1. The predicted octanol–water partition coefficient (Wildman–Crippen LogP) is 0.989. The van der Waals surface area contributed by atoms with Gasteiger partial charge in [0, 0.05) is 25.9 Å². The summed E-state index contributed by atoms with van der Waals surface area (Å²) in [5.41, 5.74) is -0.0835. The predicted molar refractivity (Wildman–Crippen MR) is 60.8 cm³/mol. The van der Waals surface area contributed by atoms with Gasteiger partial charge in [0.2, 0.25) is 5.82 Å². The number of hydrogen-bond acceptors (Lipinski definition) is 6. The second-order valence-corrected chi connectivity index (χ2v) is 3.35. The molecule has 1 heterocycles. The molecular formula is C10H13N3O4. The average molecular weight is 239 g/mol. The molecule has 0 saturated heterocycles. The van der Waals surface area contributed by atoms with Gasteiger partial charge in [-0.2, -0.15) is 0 Å². The molecule has 0 fully saturated rings. The standard InChI is InChI=1S/C10H13N3O4/c1-12(7-5-9(14)17-2)10-8(13(15)16)4-3-6-11-10/h3-4,6H,5,7H2,1-2H3. The molecule has 0 atom stereocenters. The van der Waals surface area contributed by atoms with Gasteiger partial charge in [0.05, 0.1) is 18.5 Å². The molecular weight excluding hydrogens is 226 g/mol. The van der Waals surface area contributed by atoms with Crippen LogP contribution < -0.4 is 4.90 Å². The van der Waals surface area contributed by atoms with Crippen LogP contribution in [0.15, 0.2) is 18.3 Å². The number of rotatable bonds is 5. The Morgan fingerprint density at radius 1 is 1.65 bits per heavy atom. The van der Waals surface area contributed by atoms with Gasteiger partial charge in [-0.25, -0.2) is 4.98 Å². The van der Waals surface area contributed by atoms with E-state index in [1.807, 2.05) is 0 Å². The van der Waals surface area contributed by atoms with Crippen molar-refractivity contribution in [3.05, 3.63) is 28.4 Å². The van der Waals surface area contributed by atoms with Crippen molar-refractivity contribution in [3.8, 4) is 0 Å². The van der Waals surface area contributed by atoms with Gasteiger partial charge in [0.25, 0.3) is 0 Å².